The summed E-state index contributed by atoms with van der Waals surface area (Å²) >= 11 is 0. The van der Waals surface area contributed by atoms with Gasteiger partial charge in [-0.25, -0.2) is 15.0 Å². The smallest absolute Gasteiger partial charge is 0.240 e. The Morgan fingerprint density at radius 3 is 2.69 bits per heavy atom. The minimum atomic E-state index is -0.0536. The highest BCUT2D eigenvalue weighted by Gasteiger charge is 2.06. The van der Waals surface area contributed by atoms with Gasteiger partial charge in [0.25, 0.3) is 0 Å². The fourth-order valence-electron chi connectivity index (χ4n) is 2.67. The van der Waals surface area contributed by atoms with Crippen molar-refractivity contribution in [1.29, 1.82) is 0 Å². The van der Waals surface area contributed by atoms with Gasteiger partial charge in [-0.2, -0.15) is 0 Å². The van der Waals surface area contributed by atoms with Gasteiger partial charge in [0.2, 0.25) is 5.91 Å². The highest BCUT2D eigenvalue weighted by Crippen LogP contribution is 2.11. The molecule has 0 fully saturated rings. The van der Waals surface area contributed by atoms with Gasteiger partial charge in [-0.3, -0.25) is 4.79 Å². The number of nitrogens with zero attached hydrogens (tertiary/aromatic N) is 4. The number of aryl methyl sites for hydroxylation is 1. The fourth-order valence-corrected chi connectivity index (χ4v) is 2.67. The van der Waals surface area contributed by atoms with E-state index in [9.17, 15) is 4.79 Å². The van der Waals surface area contributed by atoms with E-state index >= 15 is 0 Å². The number of nitrogens with one attached hydrogen (secondary N) is 3. The summed E-state index contributed by atoms with van der Waals surface area (Å²) in [6.45, 7) is 6.00. The van der Waals surface area contributed by atoms with E-state index in [1.54, 1.807) is 6.33 Å². The molecule has 0 radical (unpaired) electrons. The summed E-state index contributed by atoms with van der Waals surface area (Å²) in [5.74, 6) is 2.17. The van der Waals surface area contributed by atoms with Gasteiger partial charge < -0.3 is 20.5 Å². The third-order valence-corrected chi connectivity index (χ3v) is 3.79. The van der Waals surface area contributed by atoms with Gasteiger partial charge in [0.15, 0.2) is 0 Å². The molecule has 8 nitrogen and oxygen atoms in total. The molecular formula is C18H23N7O. The molecule has 0 aliphatic rings. The predicted octanol–water partition coefficient (Wildman–Crippen LogP) is 1.79. The minimum Gasteiger partial charge on any atom is -0.370 e. The Kier molecular flexibility index (Phi) is 5.62. The van der Waals surface area contributed by atoms with E-state index in [1.807, 2.05) is 48.7 Å². The van der Waals surface area contributed by atoms with E-state index in [0.29, 0.717) is 18.9 Å². The standard InChI is InChI=1S/C18H23N7O/c1-3-19-16-10-17(24-13(2)23-16)20-8-9-21-18(26)11-25-12-22-14-6-4-5-7-15(14)25/h4-7,10,12H,3,8-9,11H2,1-2H3,(H,21,26)(H2,19,20,23,24). The molecule has 3 rings (SSSR count). The van der Waals surface area contributed by atoms with E-state index in [0.717, 1.165) is 29.2 Å². The van der Waals surface area contributed by atoms with Crippen molar-refractivity contribution >= 4 is 28.6 Å². The molecule has 1 aromatic carbocycles. The van der Waals surface area contributed by atoms with Crippen molar-refractivity contribution < 1.29 is 4.79 Å². The van der Waals surface area contributed by atoms with Crippen LogP contribution in [0.15, 0.2) is 36.7 Å². The van der Waals surface area contributed by atoms with Gasteiger partial charge in [-0.05, 0) is 26.0 Å². The maximum Gasteiger partial charge on any atom is 0.240 e. The number of para-hydroxylation sites is 2. The molecule has 136 valence electrons. The second kappa shape index (κ2) is 8.28. The number of imidazole rings is 1. The number of anilines is 2. The van der Waals surface area contributed by atoms with Gasteiger partial charge in [-0.1, -0.05) is 12.1 Å². The molecule has 2 aromatic heterocycles. The van der Waals surface area contributed by atoms with Crippen LogP contribution in [-0.4, -0.2) is 45.1 Å². The molecule has 1 amide bonds. The van der Waals surface area contributed by atoms with Gasteiger partial charge in [0, 0.05) is 25.7 Å². The lowest BCUT2D eigenvalue weighted by Crippen LogP contribution is -2.31. The average molecular weight is 353 g/mol. The number of rotatable bonds is 8. The van der Waals surface area contributed by atoms with Crippen molar-refractivity contribution in [1.82, 2.24) is 24.8 Å². The topological polar surface area (TPSA) is 96.8 Å². The Hall–Kier alpha value is -3.16. The van der Waals surface area contributed by atoms with Crippen LogP contribution in [0, 0.1) is 6.92 Å². The monoisotopic (exact) mass is 353 g/mol. The molecule has 0 saturated carbocycles. The third-order valence-electron chi connectivity index (χ3n) is 3.79. The Bertz CT molecular complexity index is 890. The van der Waals surface area contributed by atoms with Crippen LogP contribution >= 0.6 is 0 Å². The number of aromatic nitrogens is 4. The summed E-state index contributed by atoms with van der Waals surface area (Å²) < 4.78 is 1.84. The zero-order valence-electron chi connectivity index (χ0n) is 15.0. The lowest BCUT2D eigenvalue weighted by Gasteiger charge is -2.10. The van der Waals surface area contributed by atoms with Crippen LogP contribution in [0.5, 0.6) is 0 Å². The first-order valence-corrected chi connectivity index (χ1v) is 8.65. The predicted molar refractivity (Wildman–Crippen MR) is 102 cm³/mol. The van der Waals surface area contributed by atoms with Crippen molar-refractivity contribution in [3.63, 3.8) is 0 Å². The van der Waals surface area contributed by atoms with Crippen LogP contribution < -0.4 is 16.0 Å². The van der Waals surface area contributed by atoms with Crippen molar-refractivity contribution in [2.75, 3.05) is 30.3 Å². The van der Waals surface area contributed by atoms with Gasteiger partial charge in [0.1, 0.15) is 24.0 Å². The lowest BCUT2D eigenvalue weighted by molar-refractivity contribution is -0.121. The molecule has 26 heavy (non-hydrogen) atoms. The van der Waals surface area contributed by atoms with Crippen LogP contribution in [0.2, 0.25) is 0 Å². The lowest BCUT2D eigenvalue weighted by atomic mass is 10.3. The third kappa shape index (κ3) is 4.47. The van der Waals surface area contributed by atoms with Crippen LogP contribution in [0.1, 0.15) is 12.7 Å². The van der Waals surface area contributed by atoms with E-state index in [2.05, 4.69) is 30.9 Å². The van der Waals surface area contributed by atoms with E-state index < -0.39 is 0 Å². The Morgan fingerprint density at radius 2 is 1.88 bits per heavy atom. The highest BCUT2D eigenvalue weighted by molar-refractivity contribution is 5.80. The zero-order chi connectivity index (χ0) is 18.4. The van der Waals surface area contributed by atoms with Crippen LogP contribution in [-0.2, 0) is 11.3 Å². The quantitative estimate of drug-likeness (QED) is 0.534. The van der Waals surface area contributed by atoms with Gasteiger partial charge in [0.05, 0.1) is 17.4 Å². The average Bonchev–Trinajstić information content (AvgIpc) is 3.02. The number of carbonyl (C=O) groups is 1. The highest BCUT2D eigenvalue weighted by atomic mass is 16.1. The molecule has 0 unspecified atom stereocenters. The van der Waals surface area contributed by atoms with Crippen molar-refractivity contribution in [3.8, 4) is 0 Å². The molecule has 0 aliphatic carbocycles. The zero-order valence-corrected chi connectivity index (χ0v) is 15.0. The second-order valence-corrected chi connectivity index (χ2v) is 5.85. The Balaban J connectivity index is 1.47. The van der Waals surface area contributed by atoms with Crippen molar-refractivity contribution in [2.24, 2.45) is 0 Å². The molecule has 0 aliphatic heterocycles. The maximum absolute atomic E-state index is 12.1. The van der Waals surface area contributed by atoms with Gasteiger partial charge in [-0.15, -0.1) is 0 Å². The van der Waals surface area contributed by atoms with Gasteiger partial charge >= 0.3 is 0 Å². The fraction of sp³-hybridized carbons (Fsp3) is 0.333. The number of fused-ring (bicyclic) bond motifs is 1. The van der Waals surface area contributed by atoms with E-state index in [-0.39, 0.29) is 12.5 Å². The normalized spacial score (nSPS) is 10.7. The molecule has 0 bridgehead atoms. The SMILES string of the molecule is CCNc1cc(NCCNC(=O)Cn2cnc3ccccc32)nc(C)n1. The summed E-state index contributed by atoms with van der Waals surface area (Å²) in [7, 11) is 0. The first-order chi connectivity index (χ1) is 12.7. The van der Waals surface area contributed by atoms with E-state index in [1.165, 1.54) is 0 Å². The molecule has 0 atom stereocenters. The number of hydrogen-bond acceptors (Lipinski definition) is 6. The Labute approximate surface area is 152 Å². The Morgan fingerprint density at radius 1 is 1.12 bits per heavy atom. The molecule has 8 heteroatoms. The summed E-state index contributed by atoms with van der Waals surface area (Å²) in [5.41, 5.74) is 1.84. The first kappa shape index (κ1) is 17.7. The van der Waals surface area contributed by atoms with Crippen LogP contribution in [0.25, 0.3) is 11.0 Å². The molecule has 0 spiro atoms. The largest absolute Gasteiger partial charge is 0.370 e. The van der Waals surface area contributed by atoms with Crippen LogP contribution in [0.3, 0.4) is 0 Å². The molecule has 3 aromatic rings. The van der Waals surface area contributed by atoms with E-state index in [4.69, 9.17) is 0 Å². The summed E-state index contributed by atoms with van der Waals surface area (Å²) in [6.07, 6.45) is 1.69. The maximum atomic E-state index is 12.1. The molecule has 2 heterocycles. The summed E-state index contributed by atoms with van der Waals surface area (Å²) in [6, 6.07) is 9.61. The number of carbonyl (C=O) groups excluding carboxylic acids is 1. The summed E-state index contributed by atoms with van der Waals surface area (Å²) in [4.78, 5) is 25.1. The van der Waals surface area contributed by atoms with Crippen LogP contribution in [0.4, 0.5) is 11.6 Å². The first-order valence-electron chi connectivity index (χ1n) is 8.65. The van der Waals surface area contributed by atoms with Crippen molar-refractivity contribution in [3.05, 3.63) is 42.5 Å². The molecular weight excluding hydrogens is 330 g/mol. The van der Waals surface area contributed by atoms with Crippen molar-refractivity contribution in [2.45, 2.75) is 20.4 Å². The number of benzene rings is 1. The minimum absolute atomic E-state index is 0.0536. The molecule has 3 N–H and O–H groups in total. The molecule has 0 saturated heterocycles. The summed E-state index contributed by atoms with van der Waals surface area (Å²) in [5, 5.41) is 9.27. The number of amides is 1. The number of hydrogen-bond donors (Lipinski definition) is 3. The second-order valence-electron chi connectivity index (χ2n) is 5.85.